The van der Waals surface area contributed by atoms with Gasteiger partial charge in [0.05, 0.1) is 20.8 Å². The highest BCUT2D eigenvalue weighted by Crippen LogP contribution is 2.38. The van der Waals surface area contributed by atoms with Crippen LogP contribution in [0.15, 0.2) is 106 Å². The molecule has 0 atom stereocenters. The predicted octanol–water partition coefficient (Wildman–Crippen LogP) is 7.28. The lowest BCUT2D eigenvalue weighted by Gasteiger charge is -2.21. The smallest absolute Gasteiger partial charge is 0.270 e. The van der Waals surface area contributed by atoms with Gasteiger partial charge in [0.25, 0.3) is 10.0 Å². The van der Waals surface area contributed by atoms with Crippen molar-refractivity contribution in [3.05, 3.63) is 102 Å². The molecule has 0 unspecified atom stereocenters. The van der Waals surface area contributed by atoms with Crippen molar-refractivity contribution in [2.45, 2.75) is 4.90 Å². The Balaban J connectivity index is 1.43. The van der Waals surface area contributed by atoms with E-state index in [9.17, 15) is 8.42 Å². The van der Waals surface area contributed by atoms with E-state index in [4.69, 9.17) is 16.0 Å². The molecule has 0 spiro atoms. The van der Waals surface area contributed by atoms with Crippen LogP contribution >= 0.6 is 22.9 Å². The number of anilines is 2. The molecule has 0 N–H and O–H groups in total. The Morgan fingerprint density at radius 1 is 0.800 bits per heavy atom. The third kappa shape index (κ3) is 3.95. The SMILES string of the molecule is O=S(=O)(c1ccc(-c2nc3ccccc3o2)cc1)N(c1ccccc1)c1nc2cc(Cl)ccc2s1. The second-order valence-electron chi connectivity index (χ2n) is 7.72. The molecule has 6 nitrogen and oxygen atoms in total. The molecular weight excluding hydrogens is 502 g/mol. The van der Waals surface area contributed by atoms with Crippen molar-refractivity contribution in [1.29, 1.82) is 0 Å². The summed E-state index contributed by atoms with van der Waals surface area (Å²) in [5, 5.41) is 0.870. The fourth-order valence-electron chi connectivity index (χ4n) is 3.76. The summed E-state index contributed by atoms with van der Waals surface area (Å²) in [4.78, 5) is 9.20. The number of fused-ring (bicyclic) bond motifs is 2. The number of hydrogen-bond acceptors (Lipinski definition) is 6. The molecule has 0 saturated carbocycles. The first-order chi connectivity index (χ1) is 17.0. The van der Waals surface area contributed by atoms with E-state index in [1.807, 2.05) is 36.4 Å². The minimum absolute atomic E-state index is 0.124. The van der Waals surface area contributed by atoms with E-state index in [1.165, 1.54) is 15.6 Å². The lowest BCUT2D eigenvalue weighted by molar-refractivity contribution is 0.596. The minimum atomic E-state index is -3.99. The van der Waals surface area contributed by atoms with Gasteiger partial charge in [-0.15, -0.1) is 0 Å². The molecule has 4 aromatic carbocycles. The summed E-state index contributed by atoms with van der Waals surface area (Å²) in [5.74, 6) is 0.429. The van der Waals surface area contributed by atoms with Crippen LogP contribution in [-0.4, -0.2) is 18.4 Å². The molecule has 35 heavy (non-hydrogen) atoms. The highest BCUT2D eigenvalue weighted by atomic mass is 35.5. The maximum atomic E-state index is 13.9. The average molecular weight is 518 g/mol. The van der Waals surface area contributed by atoms with Crippen LogP contribution in [0.5, 0.6) is 0 Å². The molecule has 0 fully saturated rings. The Morgan fingerprint density at radius 3 is 2.31 bits per heavy atom. The van der Waals surface area contributed by atoms with Gasteiger partial charge in [-0.25, -0.2) is 22.7 Å². The molecule has 0 aliphatic heterocycles. The second-order valence-corrected chi connectivity index (χ2v) is 11.0. The van der Waals surface area contributed by atoms with E-state index >= 15 is 0 Å². The number of thiazole rings is 1. The van der Waals surface area contributed by atoms with Crippen LogP contribution in [-0.2, 0) is 10.0 Å². The fraction of sp³-hybridized carbons (Fsp3) is 0. The summed E-state index contributed by atoms with van der Waals surface area (Å²) >= 11 is 7.41. The third-order valence-corrected chi connectivity index (χ3v) is 8.54. The molecule has 9 heteroatoms. The van der Waals surface area contributed by atoms with Gasteiger partial charge >= 0.3 is 0 Å². The predicted molar refractivity (Wildman–Crippen MR) is 140 cm³/mol. The van der Waals surface area contributed by atoms with Gasteiger partial charge in [-0.3, -0.25) is 0 Å². The van der Waals surface area contributed by atoms with Gasteiger partial charge in [0.2, 0.25) is 11.0 Å². The van der Waals surface area contributed by atoms with Crippen LogP contribution in [0.3, 0.4) is 0 Å². The minimum Gasteiger partial charge on any atom is -0.436 e. The monoisotopic (exact) mass is 517 g/mol. The topological polar surface area (TPSA) is 76.3 Å². The molecule has 6 rings (SSSR count). The van der Waals surface area contributed by atoms with Gasteiger partial charge in [-0.05, 0) is 66.7 Å². The maximum Gasteiger partial charge on any atom is 0.270 e. The van der Waals surface area contributed by atoms with E-state index in [2.05, 4.69) is 9.97 Å². The molecule has 0 aliphatic rings. The molecule has 0 bridgehead atoms. The zero-order chi connectivity index (χ0) is 24.0. The molecule has 2 aromatic heterocycles. The van der Waals surface area contributed by atoms with Crippen LogP contribution < -0.4 is 4.31 Å². The molecule has 172 valence electrons. The van der Waals surface area contributed by atoms with E-state index in [-0.39, 0.29) is 4.90 Å². The summed E-state index contributed by atoms with van der Waals surface area (Å²) < 4.78 is 35.7. The first kappa shape index (κ1) is 21.8. The highest BCUT2D eigenvalue weighted by molar-refractivity contribution is 7.93. The number of hydrogen-bond donors (Lipinski definition) is 0. The van der Waals surface area contributed by atoms with Crippen LogP contribution in [0.1, 0.15) is 0 Å². The van der Waals surface area contributed by atoms with Crippen molar-refractivity contribution in [3.63, 3.8) is 0 Å². The number of benzene rings is 4. The molecule has 0 amide bonds. The normalized spacial score (nSPS) is 11.8. The Bertz CT molecular complexity index is 1750. The summed E-state index contributed by atoms with van der Waals surface area (Å²) in [5.41, 5.74) is 3.22. The van der Waals surface area contributed by atoms with Crippen LogP contribution in [0, 0.1) is 0 Å². The van der Waals surface area contributed by atoms with Crippen molar-refractivity contribution in [3.8, 4) is 11.5 Å². The van der Waals surface area contributed by atoms with Gasteiger partial charge in [0, 0.05) is 10.6 Å². The number of oxazole rings is 1. The van der Waals surface area contributed by atoms with E-state index < -0.39 is 10.0 Å². The number of sulfonamides is 1. The van der Waals surface area contributed by atoms with Crippen LogP contribution in [0.25, 0.3) is 32.8 Å². The van der Waals surface area contributed by atoms with Crippen molar-refractivity contribution in [2.24, 2.45) is 0 Å². The largest absolute Gasteiger partial charge is 0.436 e. The quantitative estimate of drug-likeness (QED) is 0.240. The maximum absolute atomic E-state index is 13.9. The van der Waals surface area contributed by atoms with Crippen LogP contribution in [0.4, 0.5) is 10.8 Å². The number of halogens is 1. The van der Waals surface area contributed by atoms with Gasteiger partial charge in [0.15, 0.2) is 5.58 Å². The van der Waals surface area contributed by atoms with Crippen molar-refractivity contribution < 1.29 is 12.8 Å². The van der Waals surface area contributed by atoms with Gasteiger partial charge in [0.1, 0.15) is 5.52 Å². The molecule has 6 aromatic rings. The highest BCUT2D eigenvalue weighted by Gasteiger charge is 2.29. The zero-order valence-corrected chi connectivity index (χ0v) is 20.4. The molecule has 0 aliphatic carbocycles. The zero-order valence-electron chi connectivity index (χ0n) is 18.0. The van der Waals surface area contributed by atoms with Crippen molar-refractivity contribution in [2.75, 3.05) is 4.31 Å². The summed E-state index contributed by atoms with van der Waals surface area (Å²) in [6, 6.07) is 28.2. The Kier molecular flexibility index (Phi) is 5.29. The molecule has 2 heterocycles. The third-order valence-electron chi connectivity index (χ3n) is 5.44. The van der Waals surface area contributed by atoms with Gasteiger partial charge < -0.3 is 4.42 Å². The summed E-state index contributed by atoms with van der Waals surface area (Å²) in [6.45, 7) is 0. The summed E-state index contributed by atoms with van der Waals surface area (Å²) in [7, 11) is -3.99. The average Bonchev–Trinajstić information content (AvgIpc) is 3.48. The molecule has 0 saturated heterocycles. The fourth-order valence-corrected chi connectivity index (χ4v) is 6.54. The van der Waals surface area contributed by atoms with Gasteiger partial charge in [-0.2, -0.15) is 0 Å². The first-order valence-electron chi connectivity index (χ1n) is 10.6. The number of rotatable bonds is 5. The van der Waals surface area contributed by atoms with Crippen molar-refractivity contribution >= 4 is 65.1 Å². The number of aromatic nitrogens is 2. The van der Waals surface area contributed by atoms with E-state index in [1.54, 1.807) is 60.7 Å². The lowest BCUT2D eigenvalue weighted by Crippen LogP contribution is -2.26. The van der Waals surface area contributed by atoms with Gasteiger partial charge in [-0.1, -0.05) is 53.3 Å². The van der Waals surface area contributed by atoms with Crippen molar-refractivity contribution in [1.82, 2.24) is 9.97 Å². The van der Waals surface area contributed by atoms with E-state index in [0.29, 0.717) is 38.4 Å². The Morgan fingerprint density at radius 2 is 1.54 bits per heavy atom. The Labute approximate surface area is 210 Å². The second kappa shape index (κ2) is 8.49. The Hall–Kier alpha value is -3.72. The summed E-state index contributed by atoms with van der Waals surface area (Å²) in [6.07, 6.45) is 0. The first-order valence-corrected chi connectivity index (χ1v) is 13.2. The number of para-hydroxylation sites is 3. The molecule has 0 radical (unpaired) electrons. The van der Waals surface area contributed by atoms with E-state index in [0.717, 1.165) is 10.2 Å². The molecular formula is C26H16ClN3O3S2. The number of nitrogens with zero attached hydrogens (tertiary/aromatic N) is 3. The standard InChI is InChI=1S/C26H16ClN3O3S2/c27-18-12-15-24-22(16-18)29-26(34-24)30(19-6-2-1-3-7-19)35(31,32)20-13-10-17(11-14-20)25-28-21-8-4-5-9-23(21)33-25/h1-16H. The van der Waals surface area contributed by atoms with Crippen LogP contribution in [0.2, 0.25) is 5.02 Å². The lowest BCUT2D eigenvalue weighted by atomic mass is 10.2.